The van der Waals surface area contributed by atoms with Gasteiger partial charge in [0.2, 0.25) is 0 Å². The SMILES string of the molecule is Cc1ccccc1Cc1nc(C(=O)O)cs1. The summed E-state index contributed by atoms with van der Waals surface area (Å²) in [5, 5.41) is 11.2. The van der Waals surface area contributed by atoms with Gasteiger partial charge in [0.25, 0.3) is 0 Å². The Kier molecular flexibility index (Phi) is 3.01. The molecule has 0 atom stereocenters. The van der Waals surface area contributed by atoms with E-state index in [-0.39, 0.29) is 5.69 Å². The van der Waals surface area contributed by atoms with Crippen LogP contribution in [0.15, 0.2) is 29.6 Å². The fraction of sp³-hybridized carbons (Fsp3) is 0.167. The van der Waals surface area contributed by atoms with Gasteiger partial charge in [0.05, 0.1) is 5.01 Å². The number of nitrogens with zero attached hydrogens (tertiary/aromatic N) is 1. The van der Waals surface area contributed by atoms with Crippen LogP contribution in [0.1, 0.15) is 26.6 Å². The largest absolute Gasteiger partial charge is 0.476 e. The van der Waals surface area contributed by atoms with Crippen LogP contribution < -0.4 is 0 Å². The van der Waals surface area contributed by atoms with Gasteiger partial charge < -0.3 is 5.11 Å². The number of carboxylic acid groups (broad SMARTS) is 1. The molecule has 1 N–H and O–H groups in total. The number of aromatic nitrogens is 1. The highest BCUT2D eigenvalue weighted by Crippen LogP contribution is 2.17. The summed E-state index contributed by atoms with van der Waals surface area (Å²) in [5.74, 6) is -0.965. The molecule has 2 aromatic rings. The molecule has 0 aliphatic rings. The molecule has 0 saturated heterocycles. The van der Waals surface area contributed by atoms with Crippen LogP contribution >= 0.6 is 11.3 Å². The van der Waals surface area contributed by atoms with Crippen molar-refractivity contribution < 1.29 is 9.90 Å². The van der Waals surface area contributed by atoms with Gasteiger partial charge in [-0.15, -0.1) is 11.3 Å². The molecule has 1 aromatic carbocycles. The van der Waals surface area contributed by atoms with E-state index in [2.05, 4.69) is 4.98 Å². The first-order valence-corrected chi connectivity index (χ1v) is 5.77. The van der Waals surface area contributed by atoms with Crippen molar-refractivity contribution in [3.63, 3.8) is 0 Å². The predicted octanol–water partition coefficient (Wildman–Crippen LogP) is 2.74. The maximum Gasteiger partial charge on any atom is 0.355 e. The Balaban J connectivity index is 2.21. The van der Waals surface area contributed by atoms with E-state index in [0.29, 0.717) is 6.42 Å². The molecule has 4 heteroatoms. The summed E-state index contributed by atoms with van der Waals surface area (Å²) < 4.78 is 0. The quantitative estimate of drug-likeness (QED) is 0.886. The van der Waals surface area contributed by atoms with Gasteiger partial charge >= 0.3 is 5.97 Å². The molecule has 0 amide bonds. The van der Waals surface area contributed by atoms with Gasteiger partial charge in [-0.1, -0.05) is 24.3 Å². The van der Waals surface area contributed by atoms with E-state index >= 15 is 0 Å². The first kappa shape index (κ1) is 10.8. The topological polar surface area (TPSA) is 50.2 Å². The molecule has 0 fully saturated rings. The van der Waals surface area contributed by atoms with Crippen LogP contribution in [0.5, 0.6) is 0 Å². The maximum atomic E-state index is 10.7. The van der Waals surface area contributed by atoms with Crippen LogP contribution in [-0.2, 0) is 6.42 Å². The van der Waals surface area contributed by atoms with Gasteiger partial charge in [0, 0.05) is 11.8 Å². The lowest BCUT2D eigenvalue weighted by Crippen LogP contribution is -1.97. The highest BCUT2D eigenvalue weighted by Gasteiger charge is 2.09. The number of hydrogen-bond donors (Lipinski definition) is 1. The first-order chi connectivity index (χ1) is 7.66. The van der Waals surface area contributed by atoms with Crippen molar-refractivity contribution >= 4 is 17.3 Å². The summed E-state index contributed by atoms with van der Waals surface area (Å²) >= 11 is 1.39. The van der Waals surface area contributed by atoms with E-state index in [1.807, 2.05) is 31.2 Å². The first-order valence-electron chi connectivity index (χ1n) is 4.89. The summed E-state index contributed by atoms with van der Waals surface area (Å²) in [6.45, 7) is 2.04. The Morgan fingerprint density at radius 2 is 2.19 bits per heavy atom. The molecule has 2 rings (SSSR count). The molecular formula is C12H11NO2S. The molecule has 0 saturated carbocycles. The second kappa shape index (κ2) is 4.45. The van der Waals surface area contributed by atoms with Crippen molar-refractivity contribution in [1.82, 2.24) is 4.98 Å². The average Bonchev–Trinajstić information content (AvgIpc) is 2.70. The van der Waals surface area contributed by atoms with Crippen LogP contribution in [0.4, 0.5) is 0 Å². The Hall–Kier alpha value is -1.68. The molecule has 3 nitrogen and oxygen atoms in total. The number of carbonyl (C=O) groups is 1. The van der Waals surface area contributed by atoms with Crippen molar-refractivity contribution in [2.24, 2.45) is 0 Å². The minimum absolute atomic E-state index is 0.133. The standard InChI is InChI=1S/C12H11NO2S/c1-8-4-2-3-5-9(8)6-11-13-10(7-16-11)12(14)15/h2-5,7H,6H2,1H3,(H,14,15). The van der Waals surface area contributed by atoms with Gasteiger partial charge in [0.15, 0.2) is 5.69 Å². The van der Waals surface area contributed by atoms with Gasteiger partial charge in [-0.2, -0.15) is 0 Å². The zero-order valence-electron chi connectivity index (χ0n) is 8.80. The van der Waals surface area contributed by atoms with Gasteiger partial charge in [-0.05, 0) is 18.1 Å². The van der Waals surface area contributed by atoms with E-state index in [9.17, 15) is 4.79 Å². The monoisotopic (exact) mass is 233 g/mol. The average molecular weight is 233 g/mol. The summed E-state index contributed by atoms with van der Waals surface area (Å²) in [7, 11) is 0. The fourth-order valence-corrected chi connectivity index (χ4v) is 2.25. The van der Waals surface area contributed by atoms with Crippen molar-refractivity contribution in [1.29, 1.82) is 0 Å². The summed E-state index contributed by atoms with van der Waals surface area (Å²) in [6, 6.07) is 8.05. The summed E-state index contributed by atoms with van der Waals surface area (Å²) in [6.07, 6.45) is 0.699. The van der Waals surface area contributed by atoms with Crippen molar-refractivity contribution in [3.05, 3.63) is 51.5 Å². The number of rotatable bonds is 3. The Labute approximate surface area is 97.4 Å². The second-order valence-electron chi connectivity index (χ2n) is 3.53. The molecule has 16 heavy (non-hydrogen) atoms. The minimum Gasteiger partial charge on any atom is -0.476 e. The zero-order valence-corrected chi connectivity index (χ0v) is 9.62. The van der Waals surface area contributed by atoms with E-state index in [1.54, 1.807) is 5.38 Å². The van der Waals surface area contributed by atoms with Crippen LogP contribution in [0, 0.1) is 6.92 Å². The molecular weight excluding hydrogens is 222 g/mol. The van der Waals surface area contributed by atoms with Crippen LogP contribution in [0.25, 0.3) is 0 Å². The predicted molar refractivity (Wildman–Crippen MR) is 63.1 cm³/mol. The summed E-state index contributed by atoms with van der Waals surface area (Å²) in [4.78, 5) is 14.7. The van der Waals surface area contributed by atoms with Crippen LogP contribution in [0.2, 0.25) is 0 Å². The van der Waals surface area contributed by atoms with Crippen LogP contribution in [-0.4, -0.2) is 16.1 Å². The van der Waals surface area contributed by atoms with Gasteiger partial charge in [-0.3, -0.25) is 0 Å². The number of aryl methyl sites for hydroxylation is 1. The van der Waals surface area contributed by atoms with Gasteiger partial charge in [-0.25, -0.2) is 9.78 Å². The molecule has 0 spiro atoms. The highest BCUT2D eigenvalue weighted by molar-refractivity contribution is 7.09. The van der Waals surface area contributed by atoms with Crippen molar-refractivity contribution in [3.8, 4) is 0 Å². The third-order valence-corrected chi connectivity index (χ3v) is 3.22. The molecule has 1 heterocycles. The fourth-order valence-electron chi connectivity index (χ4n) is 1.46. The number of thiazole rings is 1. The third-order valence-electron chi connectivity index (χ3n) is 2.37. The number of carboxylic acids is 1. The molecule has 0 bridgehead atoms. The lowest BCUT2D eigenvalue weighted by atomic mass is 10.1. The van der Waals surface area contributed by atoms with Gasteiger partial charge in [0.1, 0.15) is 0 Å². The number of benzene rings is 1. The number of aromatic carboxylic acids is 1. The van der Waals surface area contributed by atoms with Crippen molar-refractivity contribution in [2.75, 3.05) is 0 Å². The highest BCUT2D eigenvalue weighted by atomic mass is 32.1. The lowest BCUT2D eigenvalue weighted by molar-refractivity contribution is 0.0691. The Morgan fingerprint density at radius 3 is 2.81 bits per heavy atom. The molecule has 0 aliphatic carbocycles. The minimum atomic E-state index is -0.965. The van der Waals surface area contributed by atoms with Crippen molar-refractivity contribution in [2.45, 2.75) is 13.3 Å². The molecule has 0 radical (unpaired) electrons. The molecule has 82 valence electrons. The Bertz CT molecular complexity index is 519. The second-order valence-corrected chi connectivity index (χ2v) is 4.48. The zero-order chi connectivity index (χ0) is 11.5. The normalized spacial score (nSPS) is 10.3. The Morgan fingerprint density at radius 1 is 1.44 bits per heavy atom. The molecule has 0 aliphatic heterocycles. The molecule has 1 aromatic heterocycles. The maximum absolute atomic E-state index is 10.7. The van der Waals surface area contributed by atoms with E-state index in [4.69, 9.17) is 5.11 Å². The van der Waals surface area contributed by atoms with Crippen LogP contribution in [0.3, 0.4) is 0 Å². The van der Waals surface area contributed by atoms with E-state index < -0.39 is 5.97 Å². The number of hydrogen-bond acceptors (Lipinski definition) is 3. The van der Waals surface area contributed by atoms with E-state index in [1.165, 1.54) is 22.5 Å². The lowest BCUT2D eigenvalue weighted by Gasteiger charge is -2.01. The summed E-state index contributed by atoms with van der Waals surface area (Å²) in [5.41, 5.74) is 2.52. The third kappa shape index (κ3) is 2.28. The molecule has 0 unspecified atom stereocenters. The smallest absolute Gasteiger partial charge is 0.355 e. The van der Waals surface area contributed by atoms with E-state index in [0.717, 1.165) is 5.01 Å².